The minimum Gasteiger partial charge on any atom is -0.481 e. The first-order chi connectivity index (χ1) is 16.5. The number of methoxy groups -OCH3 is 1. The van der Waals surface area contributed by atoms with Gasteiger partial charge in [0, 0.05) is 50.9 Å². The molecule has 4 rings (SSSR count). The molecule has 1 saturated heterocycles. The topological polar surface area (TPSA) is 87.3 Å². The van der Waals surface area contributed by atoms with E-state index >= 15 is 0 Å². The highest BCUT2D eigenvalue weighted by Gasteiger charge is 2.35. The SMILES string of the molecule is COc1cc(CN2C[C@H](C)N(c3cc(=O)n(C)c4ccc(C#N)nc34)C[C@@H]2C)cc(C(F)(F)F)n1. The second-order valence-corrected chi connectivity index (χ2v) is 8.78. The maximum Gasteiger partial charge on any atom is 0.433 e. The molecular formula is C24H25F3N6O2. The zero-order valence-corrected chi connectivity index (χ0v) is 19.8. The highest BCUT2D eigenvalue weighted by atomic mass is 19.4. The second kappa shape index (κ2) is 9.19. The van der Waals surface area contributed by atoms with Crippen molar-refractivity contribution in [3.63, 3.8) is 0 Å². The van der Waals surface area contributed by atoms with Crippen LogP contribution in [-0.4, -0.2) is 51.7 Å². The number of nitrogens with zero attached hydrogens (tertiary/aromatic N) is 6. The number of halogens is 3. The molecule has 0 aromatic carbocycles. The molecule has 0 amide bonds. The van der Waals surface area contributed by atoms with Crippen LogP contribution in [0.5, 0.6) is 5.88 Å². The quantitative estimate of drug-likeness (QED) is 0.559. The van der Waals surface area contributed by atoms with Gasteiger partial charge >= 0.3 is 6.18 Å². The fourth-order valence-electron chi connectivity index (χ4n) is 4.48. The molecule has 35 heavy (non-hydrogen) atoms. The van der Waals surface area contributed by atoms with Crippen molar-refractivity contribution in [2.45, 2.75) is 38.7 Å². The molecule has 3 aromatic heterocycles. The minimum absolute atomic E-state index is 0.0436. The van der Waals surface area contributed by atoms with Gasteiger partial charge in [-0.05, 0) is 37.6 Å². The molecule has 1 aliphatic heterocycles. The van der Waals surface area contributed by atoms with Gasteiger partial charge in [-0.1, -0.05) is 0 Å². The number of nitriles is 1. The summed E-state index contributed by atoms with van der Waals surface area (Å²) in [5.41, 5.74) is 1.36. The lowest BCUT2D eigenvalue weighted by molar-refractivity contribution is -0.141. The van der Waals surface area contributed by atoms with Crippen LogP contribution in [0, 0.1) is 11.3 Å². The van der Waals surface area contributed by atoms with Gasteiger partial charge in [0.25, 0.3) is 5.56 Å². The van der Waals surface area contributed by atoms with Crippen LogP contribution in [0.25, 0.3) is 11.0 Å². The van der Waals surface area contributed by atoms with Gasteiger partial charge in [-0.3, -0.25) is 9.69 Å². The third-order valence-electron chi connectivity index (χ3n) is 6.35. The van der Waals surface area contributed by atoms with Gasteiger partial charge in [-0.15, -0.1) is 0 Å². The van der Waals surface area contributed by atoms with E-state index in [0.717, 1.165) is 6.07 Å². The minimum atomic E-state index is -4.57. The number of rotatable bonds is 4. The van der Waals surface area contributed by atoms with E-state index in [4.69, 9.17) is 4.74 Å². The fraction of sp³-hybridized carbons (Fsp3) is 0.417. The molecule has 2 atom stereocenters. The number of fused-ring (bicyclic) bond motifs is 1. The number of aromatic nitrogens is 3. The van der Waals surface area contributed by atoms with Gasteiger partial charge in [0.2, 0.25) is 5.88 Å². The van der Waals surface area contributed by atoms with E-state index in [0.29, 0.717) is 35.4 Å². The summed E-state index contributed by atoms with van der Waals surface area (Å²) < 4.78 is 46.4. The molecule has 8 nitrogen and oxygen atoms in total. The lowest BCUT2D eigenvalue weighted by Crippen LogP contribution is -2.56. The Kier molecular flexibility index (Phi) is 6.42. The van der Waals surface area contributed by atoms with Crippen molar-refractivity contribution < 1.29 is 17.9 Å². The third kappa shape index (κ3) is 4.79. The Morgan fingerprint density at radius 1 is 1.14 bits per heavy atom. The van der Waals surface area contributed by atoms with Crippen molar-refractivity contribution in [3.05, 3.63) is 57.6 Å². The lowest BCUT2D eigenvalue weighted by Gasteiger charge is -2.45. The van der Waals surface area contributed by atoms with E-state index < -0.39 is 11.9 Å². The fourth-order valence-corrected chi connectivity index (χ4v) is 4.48. The van der Waals surface area contributed by atoms with Gasteiger partial charge in [-0.2, -0.15) is 18.4 Å². The van der Waals surface area contributed by atoms with Crippen molar-refractivity contribution in [3.8, 4) is 11.9 Å². The standard InChI is InChI=1S/C24H25F3N6O2/c1-14-12-33(19-9-22(34)31(3)18-6-5-17(10-28)29-23(18)19)15(2)11-32(14)13-16-7-20(24(25,26)27)30-21(8-16)35-4/h5-9,14-15H,11-13H2,1-4H3/t14-,15-/m0/s1. The summed E-state index contributed by atoms with van der Waals surface area (Å²) in [5, 5.41) is 9.31. The number of hydrogen-bond donors (Lipinski definition) is 0. The summed E-state index contributed by atoms with van der Waals surface area (Å²) in [6, 6.07) is 9.31. The zero-order valence-electron chi connectivity index (χ0n) is 19.8. The Morgan fingerprint density at radius 2 is 1.89 bits per heavy atom. The number of aryl methyl sites for hydroxylation is 1. The summed E-state index contributed by atoms with van der Waals surface area (Å²) >= 11 is 0. The van der Waals surface area contributed by atoms with Crippen LogP contribution < -0.4 is 15.2 Å². The van der Waals surface area contributed by atoms with E-state index in [1.807, 2.05) is 19.9 Å². The van der Waals surface area contributed by atoms with Gasteiger partial charge < -0.3 is 14.2 Å². The van der Waals surface area contributed by atoms with E-state index in [1.165, 1.54) is 23.8 Å². The third-order valence-corrected chi connectivity index (χ3v) is 6.35. The number of pyridine rings is 3. The predicted octanol–water partition coefficient (Wildman–Crippen LogP) is 3.33. The normalized spacial score (nSPS) is 19.1. The van der Waals surface area contributed by atoms with Gasteiger partial charge in [0.15, 0.2) is 0 Å². The first-order valence-electron chi connectivity index (χ1n) is 11.1. The van der Waals surface area contributed by atoms with Crippen LogP contribution in [-0.2, 0) is 19.8 Å². The first kappa shape index (κ1) is 24.5. The number of piperazine rings is 1. The number of ether oxygens (including phenoxy) is 1. The van der Waals surface area contributed by atoms with E-state index in [2.05, 4.69) is 19.8 Å². The Labute approximate surface area is 200 Å². The average molecular weight is 486 g/mol. The van der Waals surface area contributed by atoms with Crippen LogP contribution in [0.1, 0.15) is 30.8 Å². The van der Waals surface area contributed by atoms with Crippen molar-refractivity contribution in [1.82, 2.24) is 19.4 Å². The largest absolute Gasteiger partial charge is 0.481 e. The van der Waals surface area contributed by atoms with Crippen molar-refractivity contribution in [1.29, 1.82) is 5.26 Å². The number of alkyl halides is 3. The predicted molar refractivity (Wildman–Crippen MR) is 124 cm³/mol. The molecule has 0 spiro atoms. The molecule has 11 heteroatoms. The Bertz CT molecular complexity index is 1360. The first-order valence-corrected chi connectivity index (χ1v) is 11.1. The summed E-state index contributed by atoms with van der Waals surface area (Å²) in [6.45, 7) is 5.33. The summed E-state index contributed by atoms with van der Waals surface area (Å²) in [4.78, 5) is 24.8. The molecule has 3 aromatic rings. The molecule has 0 N–H and O–H groups in total. The number of hydrogen-bond acceptors (Lipinski definition) is 7. The zero-order chi connectivity index (χ0) is 25.5. The van der Waals surface area contributed by atoms with Crippen LogP contribution >= 0.6 is 0 Å². The lowest BCUT2D eigenvalue weighted by atomic mass is 10.0. The molecule has 1 aliphatic rings. The van der Waals surface area contributed by atoms with Crippen molar-refractivity contribution in [2.24, 2.45) is 7.05 Å². The maximum absolute atomic E-state index is 13.3. The van der Waals surface area contributed by atoms with Crippen molar-refractivity contribution in [2.75, 3.05) is 25.1 Å². The van der Waals surface area contributed by atoms with Crippen LogP contribution in [0.15, 0.2) is 35.1 Å². The smallest absolute Gasteiger partial charge is 0.433 e. The van der Waals surface area contributed by atoms with E-state index in [9.17, 15) is 23.2 Å². The van der Waals surface area contributed by atoms with E-state index in [-0.39, 0.29) is 35.8 Å². The molecular weight excluding hydrogens is 461 g/mol. The van der Waals surface area contributed by atoms with Gasteiger partial charge in [0.1, 0.15) is 23.0 Å². The maximum atomic E-state index is 13.3. The van der Waals surface area contributed by atoms with E-state index in [1.54, 1.807) is 19.2 Å². The Balaban J connectivity index is 1.65. The monoisotopic (exact) mass is 486 g/mol. The summed E-state index contributed by atoms with van der Waals surface area (Å²) in [7, 11) is 2.94. The molecule has 0 unspecified atom stereocenters. The Morgan fingerprint density at radius 3 is 2.54 bits per heavy atom. The Hall–Kier alpha value is -3.65. The number of anilines is 1. The summed E-state index contributed by atoms with van der Waals surface area (Å²) in [5.74, 6) is -0.0832. The molecule has 4 heterocycles. The molecule has 0 radical (unpaired) electrons. The second-order valence-electron chi connectivity index (χ2n) is 8.78. The van der Waals surface area contributed by atoms with Crippen LogP contribution in [0.3, 0.4) is 0 Å². The van der Waals surface area contributed by atoms with Crippen molar-refractivity contribution >= 4 is 16.7 Å². The summed E-state index contributed by atoms with van der Waals surface area (Å²) in [6.07, 6.45) is -4.57. The molecule has 0 bridgehead atoms. The van der Waals surface area contributed by atoms with Gasteiger partial charge in [-0.25, -0.2) is 9.97 Å². The average Bonchev–Trinajstić information content (AvgIpc) is 2.82. The van der Waals surface area contributed by atoms with Gasteiger partial charge in [0.05, 0.1) is 18.3 Å². The molecule has 1 fully saturated rings. The molecule has 0 saturated carbocycles. The molecule has 184 valence electrons. The van der Waals surface area contributed by atoms with Crippen LogP contribution in [0.2, 0.25) is 0 Å². The molecule has 0 aliphatic carbocycles. The highest BCUT2D eigenvalue weighted by Crippen LogP contribution is 2.32. The highest BCUT2D eigenvalue weighted by molar-refractivity contribution is 5.89. The van der Waals surface area contributed by atoms with Crippen LogP contribution in [0.4, 0.5) is 18.9 Å².